The summed E-state index contributed by atoms with van der Waals surface area (Å²) < 4.78 is 29.8. The number of benzene rings is 3. The standard InChI is InChI=1S/C36H46N3O8P/c1-4-48(44,47-25-30-18-12-7-13-19-30)26-37-34(41)32(22-27(2)3)38-33(40)21-20-31(35(42)45-23-28-14-8-5-9-15-28)39-36(43)46-24-29-16-10-6-11-17-29/h5-19,27,31-32H,4,20-26H2,1-3H3,(H,37,41)(H,38,40)(H,39,43)/t31-,32-,48?/m0/s1. The summed E-state index contributed by atoms with van der Waals surface area (Å²) in [5, 5.41) is 7.95. The first-order valence-electron chi connectivity index (χ1n) is 16.1. The molecule has 3 rings (SSSR count). The maximum atomic E-state index is 13.3. The Labute approximate surface area is 282 Å². The molecular weight excluding hydrogens is 633 g/mol. The molecule has 0 aromatic heterocycles. The lowest BCUT2D eigenvalue weighted by Crippen LogP contribution is -2.48. The summed E-state index contributed by atoms with van der Waals surface area (Å²) in [6, 6.07) is 25.4. The molecule has 0 radical (unpaired) electrons. The molecular formula is C36H46N3O8P. The van der Waals surface area contributed by atoms with Gasteiger partial charge >= 0.3 is 12.1 Å². The number of alkyl carbamates (subject to hydrolysis) is 1. The Morgan fingerprint density at radius 1 is 0.708 bits per heavy atom. The van der Waals surface area contributed by atoms with Crippen molar-refractivity contribution in [1.29, 1.82) is 0 Å². The van der Waals surface area contributed by atoms with E-state index in [1.54, 1.807) is 31.2 Å². The van der Waals surface area contributed by atoms with Crippen LogP contribution in [0.5, 0.6) is 0 Å². The number of rotatable bonds is 19. The van der Waals surface area contributed by atoms with Gasteiger partial charge in [-0.2, -0.15) is 0 Å². The molecule has 3 aromatic carbocycles. The van der Waals surface area contributed by atoms with Crippen LogP contribution in [0.25, 0.3) is 0 Å². The normalized spacial score (nSPS) is 13.4. The van der Waals surface area contributed by atoms with Crippen LogP contribution in [0.1, 0.15) is 56.7 Å². The molecule has 0 aliphatic rings. The average Bonchev–Trinajstić information content (AvgIpc) is 3.10. The number of hydrogen-bond donors (Lipinski definition) is 3. The lowest BCUT2D eigenvalue weighted by atomic mass is 10.0. The summed E-state index contributed by atoms with van der Waals surface area (Å²) in [6.45, 7) is 5.69. The van der Waals surface area contributed by atoms with E-state index >= 15 is 0 Å². The fourth-order valence-electron chi connectivity index (χ4n) is 4.57. The number of hydrogen-bond acceptors (Lipinski definition) is 8. The maximum Gasteiger partial charge on any atom is 0.408 e. The minimum absolute atomic E-state index is 0.00675. The zero-order valence-corrected chi connectivity index (χ0v) is 28.7. The SMILES string of the molecule is CCP(=O)(CNC(=O)[C@H](CC(C)C)NC(=O)CC[C@H](NC(=O)OCc1ccccc1)C(=O)OCc1ccccc1)OCc1ccccc1. The van der Waals surface area contributed by atoms with Gasteiger partial charge in [-0.05, 0) is 35.4 Å². The summed E-state index contributed by atoms with van der Waals surface area (Å²) >= 11 is 0. The maximum absolute atomic E-state index is 13.3. The molecule has 3 N–H and O–H groups in total. The van der Waals surface area contributed by atoms with Gasteiger partial charge in [-0.25, -0.2) is 9.59 Å². The second kappa shape index (κ2) is 20.0. The lowest BCUT2D eigenvalue weighted by Gasteiger charge is -2.23. The fourth-order valence-corrected chi connectivity index (χ4v) is 5.85. The number of amides is 3. The van der Waals surface area contributed by atoms with Gasteiger partial charge in [0.25, 0.3) is 0 Å². The van der Waals surface area contributed by atoms with Gasteiger partial charge in [0.05, 0.1) is 12.9 Å². The molecule has 0 fully saturated rings. The van der Waals surface area contributed by atoms with E-state index in [4.69, 9.17) is 14.0 Å². The van der Waals surface area contributed by atoms with E-state index in [-0.39, 0.29) is 51.0 Å². The summed E-state index contributed by atoms with van der Waals surface area (Å²) in [4.78, 5) is 51.9. The van der Waals surface area contributed by atoms with Crippen LogP contribution in [-0.4, -0.2) is 48.4 Å². The molecule has 0 heterocycles. The average molecular weight is 680 g/mol. The lowest BCUT2D eigenvalue weighted by molar-refractivity contribution is -0.147. The minimum Gasteiger partial charge on any atom is -0.459 e. The molecule has 3 atom stereocenters. The van der Waals surface area contributed by atoms with Crippen LogP contribution in [0.2, 0.25) is 0 Å². The van der Waals surface area contributed by atoms with E-state index < -0.39 is 43.3 Å². The molecule has 1 unspecified atom stereocenters. The second-order valence-corrected chi connectivity index (χ2v) is 14.6. The van der Waals surface area contributed by atoms with Crippen molar-refractivity contribution < 1.29 is 37.7 Å². The molecule has 0 aliphatic heterocycles. The second-order valence-electron chi connectivity index (χ2n) is 11.7. The highest BCUT2D eigenvalue weighted by Crippen LogP contribution is 2.46. The van der Waals surface area contributed by atoms with Gasteiger partial charge in [0.15, 0.2) is 0 Å². The van der Waals surface area contributed by atoms with Crippen molar-refractivity contribution in [3.8, 4) is 0 Å². The third-order valence-corrected chi connectivity index (χ3v) is 9.52. The molecule has 3 amide bonds. The summed E-state index contributed by atoms with van der Waals surface area (Å²) in [5.74, 6) is -1.67. The number of nitrogens with one attached hydrogen (secondary N) is 3. The summed E-state index contributed by atoms with van der Waals surface area (Å²) in [7, 11) is -3.18. The Bertz CT molecular complexity index is 1490. The molecule has 48 heavy (non-hydrogen) atoms. The van der Waals surface area contributed by atoms with Gasteiger partial charge in [-0.3, -0.25) is 14.2 Å². The van der Waals surface area contributed by atoms with Crippen molar-refractivity contribution in [3.63, 3.8) is 0 Å². The minimum atomic E-state index is -3.18. The van der Waals surface area contributed by atoms with Crippen LogP contribution < -0.4 is 16.0 Å². The Morgan fingerprint density at radius 3 is 1.75 bits per heavy atom. The van der Waals surface area contributed by atoms with Gasteiger partial charge in [0.2, 0.25) is 19.2 Å². The molecule has 12 heteroatoms. The predicted octanol–water partition coefficient (Wildman–Crippen LogP) is 5.92. The molecule has 258 valence electrons. The number of esters is 1. The highest BCUT2D eigenvalue weighted by molar-refractivity contribution is 7.58. The van der Waals surface area contributed by atoms with Crippen LogP contribution in [0.15, 0.2) is 91.0 Å². The largest absolute Gasteiger partial charge is 0.459 e. The van der Waals surface area contributed by atoms with Crippen LogP contribution in [0.4, 0.5) is 4.79 Å². The number of ether oxygens (including phenoxy) is 2. The van der Waals surface area contributed by atoms with Crippen molar-refractivity contribution in [1.82, 2.24) is 16.0 Å². The molecule has 0 saturated heterocycles. The van der Waals surface area contributed by atoms with E-state index in [1.165, 1.54) is 0 Å². The molecule has 11 nitrogen and oxygen atoms in total. The summed E-state index contributed by atoms with van der Waals surface area (Å²) in [6.07, 6.45) is -0.763. The third kappa shape index (κ3) is 14.1. The molecule has 0 aliphatic carbocycles. The quantitative estimate of drug-likeness (QED) is 0.104. The topological polar surface area (TPSA) is 149 Å². The summed E-state index contributed by atoms with van der Waals surface area (Å²) in [5.41, 5.74) is 2.39. The van der Waals surface area contributed by atoms with E-state index in [0.717, 1.165) is 16.7 Å². The van der Waals surface area contributed by atoms with Crippen LogP contribution in [0, 0.1) is 5.92 Å². The van der Waals surface area contributed by atoms with Crippen LogP contribution in [-0.2, 0) is 52.8 Å². The van der Waals surface area contributed by atoms with E-state index in [1.807, 2.05) is 80.6 Å². The fraction of sp³-hybridized carbons (Fsp3) is 0.389. The Morgan fingerprint density at radius 2 is 1.23 bits per heavy atom. The third-order valence-electron chi connectivity index (χ3n) is 7.32. The van der Waals surface area contributed by atoms with Crippen LogP contribution >= 0.6 is 7.37 Å². The van der Waals surface area contributed by atoms with E-state index in [2.05, 4.69) is 16.0 Å². The molecule has 0 spiro atoms. The van der Waals surface area contributed by atoms with Crippen LogP contribution in [0.3, 0.4) is 0 Å². The molecule has 0 bridgehead atoms. The Kier molecular flexibility index (Phi) is 15.8. The van der Waals surface area contributed by atoms with Crippen molar-refractivity contribution in [2.24, 2.45) is 5.92 Å². The zero-order valence-electron chi connectivity index (χ0n) is 27.8. The molecule has 3 aromatic rings. The first-order chi connectivity index (χ1) is 23.1. The van der Waals surface area contributed by atoms with Gasteiger partial charge in [-0.1, -0.05) is 112 Å². The number of carbonyl (C=O) groups is 4. The van der Waals surface area contributed by atoms with E-state index in [9.17, 15) is 23.7 Å². The predicted molar refractivity (Wildman–Crippen MR) is 183 cm³/mol. The Balaban J connectivity index is 1.58. The van der Waals surface area contributed by atoms with Gasteiger partial charge in [-0.15, -0.1) is 0 Å². The highest BCUT2D eigenvalue weighted by atomic mass is 31.2. The zero-order chi connectivity index (χ0) is 34.8. The van der Waals surface area contributed by atoms with Crippen molar-refractivity contribution in [2.45, 2.75) is 71.9 Å². The molecule has 0 saturated carbocycles. The smallest absolute Gasteiger partial charge is 0.408 e. The van der Waals surface area contributed by atoms with Crippen molar-refractivity contribution in [2.75, 3.05) is 12.4 Å². The highest BCUT2D eigenvalue weighted by Gasteiger charge is 2.28. The Hall–Kier alpha value is -4.47. The monoisotopic (exact) mass is 679 g/mol. The first kappa shape index (κ1) is 38.0. The van der Waals surface area contributed by atoms with E-state index in [0.29, 0.717) is 6.42 Å². The van der Waals surface area contributed by atoms with Gasteiger partial charge in [0.1, 0.15) is 25.3 Å². The van der Waals surface area contributed by atoms with Crippen molar-refractivity contribution in [3.05, 3.63) is 108 Å². The van der Waals surface area contributed by atoms with Gasteiger partial charge < -0.3 is 29.9 Å². The first-order valence-corrected chi connectivity index (χ1v) is 18.1. The number of carbonyl (C=O) groups excluding carboxylic acids is 4. The van der Waals surface area contributed by atoms with Crippen molar-refractivity contribution >= 4 is 31.2 Å². The van der Waals surface area contributed by atoms with Gasteiger partial charge in [0, 0.05) is 12.6 Å².